The second-order valence-electron chi connectivity index (χ2n) is 4.59. The van der Waals surface area contributed by atoms with Gasteiger partial charge in [-0.2, -0.15) is 0 Å². The number of nitrogens with one attached hydrogen (secondary N) is 2. The summed E-state index contributed by atoms with van der Waals surface area (Å²) in [6.45, 7) is 3.30. The Morgan fingerprint density at radius 2 is 2.18 bits per heavy atom. The van der Waals surface area contributed by atoms with Crippen molar-refractivity contribution in [1.29, 1.82) is 0 Å². The summed E-state index contributed by atoms with van der Waals surface area (Å²) in [6.07, 6.45) is 2.51. The second kappa shape index (κ2) is 9.98. The summed E-state index contributed by atoms with van der Waals surface area (Å²) >= 11 is 2.50. The zero-order valence-corrected chi connectivity index (χ0v) is 14.6. The zero-order valence-electron chi connectivity index (χ0n) is 12.2. The number of amides is 1. The normalized spacial score (nSPS) is 13.3. The van der Waals surface area contributed by atoms with Crippen molar-refractivity contribution in [3.63, 3.8) is 0 Å². The van der Waals surface area contributed by atoms with Crippen LogP contribution in [0.2, 0.25) is 0 Å². The van der Waals surface area contributed by atoms with E-state index in [4.69, 9.17) is 4.74 Å². The van der Waals surface area contributed by atoms with Crippen LogP contribution in [0.25, 0.3) is 0 Å². The highest BCUT2D eigenvalue weighted by Crippen LogP contribution is 2.27. The number of anilines is 1. The quantitative estimate of drug-likeness (QED) is 0.389. The fourth-order valence-corrected chi connectivity index (χ4v) is 3.08. The SMILES string of the molecule is CCOC(=O)CSc1nnc(NC(=O)CNCC2CC2)s1.Cl. The monoisotopic (exact) mass is 366 g/mol. The fourth-order valence-electron chi connectivity index (χ4n) is 1.52. The van der Waals surface area contributed by atoms with E-state index < -0.39 is 0 Å². The van der Waals surface area contributed by atoms with Gasteiger partial charge in [-0.3, -0.25) is 14.9 Å². The van der Waals surface area contributed by atoms with E-state index in [0.717, 1.165) is 12.5 Å². The van der Waals surface area contributed by atoms with Crippen LogP contribution < -0.4 is 10.6 Å². The number of esters is 1. The Kier molecular flexibility index (Phi) is 8.69. The van der Waals surface area contributed by atoms with E-state index in [1.807, 2.05) is 0 Å². The lowest BCUT2D eigenvalue weighted by Gasteiger charge is -2.02. The summed E-state index contributed by atoms with van der Waals surface area (Å²) in [7, 11) is 0. The summed E-state index contributed by atoms with van der Waals surface area (Å²) in [6, 6.07) is 0. The Labute approximate surface area is 143 Å². The first-order chi connectivity index (χ1) is 10.2. The lowest BCUT2D eigenvalue weighted by Crippen LogP contribution is -2.29. The molecule has 2 rings (SSSR count). The molecule has 0 unspecified atom stereocenters. The summed E-state index contributed by atoms with van der Waals surface area (Å²) < 4.78 is 5.45. The summed E-state index contributed by atoms with van der Waals surface area (Å²) in [5.41, 5.74) is 0. The highest BCUT2D eigenvalue weighted by Gasteiger charge is 2.20. The Balaban J connectivity index is 0.00000242. The number of nitrogens with zero attached hydrogens (tertiary/aromatic N) is 2. The topological polar surface area (TPSA) is 93.2 Å². The standard InChI is InChI=1S/C12H18N4O3S2.ClH/c1-2-19-10(18)7-20-12-16-15-11(21-12)14-9(17)6-13-5-8-3-4-8;/h8,13H,2-7H2,1H3,(H,14,15,17);1H. The van der Waals surface area contributed by atoms with Gasteiger partial charge in [-0.15, -0.1) is 22.6 Å². The van der Waals surface area contributed by atoms with E-state index in [1.165, 1.54) is 35.9 Å². The van der Waals surface area contributed by atoms with E-state index in [1.54, 1.807) is 6.92 Å². The third kappa shape index (κ3) is 7.39. The largest absolute Gasteiger partial charge is 0.465 e. The van der Waals surface area contributed by atoms with Gasteiger partial charge in [-0.25, -0.2) is 0 Å². The molecule has 1 aliphatic carbocycles. The molecular weight excluding hydrogens is 348 g/mol. The molecule has 0 radical (unpaired) electrons. The molecular formula is C12H19ClN4O3S2. The van der Waals surface area contributed by atoms with Crippen molar-refractivity contribution in [2.45, 2.75) is 24.1 Å². The molecule has 0 spiro atoms. The number of ether oxygens (including phenoxy) is 1. The van der Waals surface area contributed by atoms with Gasteiger partial charge in [-0.05, 0) is 32.2 Å². The Morgan fingerprint density at radius 3 is 2.86 bits per heavy atom. The molecule has 1 heterocycles. The molecule has 0 aliphatic heterocycles. The van der Waals surface area contributed by atoms with Crippen LogP contribution in [-0.4, -0.2) is 47.5 Å². The minimum Gasteiger partial charge on any atom is -0.465 e. The molecule has 0 bridgehead atoms. The Bertz CT molecular complexity index is 496. The lowest BCUT2D eigenvalue weighted by atomic mass is 10.4. The maximum Gasteiger partial charge on any atom is 0.316 e. The number of carbonyl (C=O) groups excluding carboxylic acids is 2. The maximum absolute atomic E-state index is 11.7. The van der Waals surface area contributed by atoms with Crippen LogP contribution in [0.1, 0.15) is 19.8 Å². The van der Waals surface area contributed by atoms with Gasteiger partial charge in [0.15, 0.2) is 4.34 Å². The molecule has 2 N–H and O–H groups in total. The van der Waals surface area contributed by atoms with Gasteiger partial charge in [0, 0.05) is 0 Å². The molecule has 0 aromatic carbocycles. The van der Waals surface area contributed by atoms with Gasteiger partial charge in [-0.1, -0.05) is 23.1 Å². The van der Waals surface area contributed by atoms with Crippen molar-refractivity contribution in [3.05, 3.63) is 0 Å². The molecule has 0 saturated heterocycles. The first-order valence-corrected chi connectivity index (χ1v) is 8.60. The molecule has 1 aliphatic rings. The molecule has 1 saturated carbocycles. The van der Waals surface area contributed by atoms with E-state index in [-0.39, 0.29) is 36.6 Å². The van der Waals surface area contributed by atoms with Crippen molar-refractivity contribution in [2.24, 2.45) is 5.92 Å². The molecule has 10 heteroatoms. The van der Waals surface area contributed by atoms with Crippen LogP contribution in [0, 0.1) is 5.92 Å². The van der Waals surface area contributed by atoms with Crippen molar-refractivity contribution >= 4 is 52.5 Å². The van der Waals surface area contributed by atoms with Gasteiger partial charge in [0.25, 0.3) is 0 Å². The third-order valence-electron chi connectivity index (χ3n) is 2.69. The van der Waals surface area contributed by atoms with Gasteiger partial charge >= 0.3 is 5.97 Å². The van der Waals surface area contributed by atoms with Gasteiger partial charge in [0.05, 0.1) is 18.9 Å². The lowest BCUT2D eigenvalue weighted by molar-refractivity contribution is -0.139. The minimum absolute atomic E-state index is 0. The molecule has 1 aromatic rings. The van der Waals surface area contributed by atoms with Crippen molar-refractivity contribution in [2.75, 3.05) is 30.8 Å². The fraction of sp³-hybridized carbons (Fsp3) is 0.667. The summed E-state index contributed by atoms with van der Waals surface area (Å²) in [5, 5.41) is 14.0. The predicted molar refractivity (Wildman–Crippen MR) is 88.7 cm³/mol. The minimum atomic E-state index is -0.285. The number of halogens is 1. The van der Waals surface area contributed by atoms with E-state index in [2.05, 4.69) is 20.8 Å². The van der Waals surface area contributed by atoms with Crippen LogP contribution in [-0.2, 0) is 14.3 Å². The number of rotatable bonds is 9. The smallest absolute Gasteiger partial charge is 0.316 e. The van der Waals surface area contributed by atoms with Crippen LogP contribution in [0.4, 0.5) is 5.13 Å². The van der Waals surface area contributed by atoms with Gasteiger partial charge in [0.2, 0.25) is 11.0 Å². The Hall–Kier alpha value is -0.900. The highest BCUT2D eigenvalue weighted by atomic mass is 35.5. The van der Waals surface area contributed by atoms with Crippen molar-refractivity contribution in [3.8, 4) is 0 Å². The molecule has 1 fully saturated rings. The van der Waals surface area contributed by atoms with Crippen LogP contribution in [0.15, 0.2) is 4.34 Å². The highest BCUT2D eigenvalue weighted by molar-refractivity contribution is 8.01. The van der Waals surface area contributed by atoms with Crippen LogP contribution in [0.3, 0.4) is 0 Å². The summed E-state index contributed by atoms with van der Waals surface area (Å²) in [5.74, 6) is 0.519. The number of aromatic nitrogens is 2. The van der Waals surface area contributed by atoms with Crippen LogP contribution >= 0.6 is 35.5 Å². The maximum atomic E-state index is 11.7. The van der Waals surface area contributed by atoms with E-state index >= 15 is 0 Å². The number of hydrogen-bond acceptors (Lipinski definition) is 8. The molecule has 124 valence electrons. The summed E-state index contributed by atoms with van der Waals surface area (Å²) in [4.78, 5) is 22.9. The van der Waals surface area contributed by atoms with Crippen molar-refractivity contribution < 1.29 is 14.3 Å². The van der Waals surface area contributed by atoms with E-state index in [9.17, 15) is 9.59 Å². The predicted octanol–water partition coefficient (Wildman–Crippen LogP) is 1.55. The molecule has 1 amide bonds. The Morgan fingerprint density at radius 1 is 1.41 bits per heavy atom. The van der Waals surface area contributed by atoms with Crippen molar-refractivity contribution in [1.82, 2.24) is 15.5 Å². The molecule has 7 nitrogen and oxygen atoms in total. The first kappa shape index (κ1) is 19.1. The second-order valence-corrected chi connectivity index (χ2v) is 6.79. The molecule has 0 atom stereocenters. The first-order valence-electron chi connectivity index (χ1n) is 6.80. The third-order valence-corrected chi connectivity index (χ3v) is 4.63. The number of hydrogen-bond donors (Lipinski definition) is 2. The molecule has 1 aromatic heterocycles. The number of thioether (sulfide) groups is 1. The molecule has 22 heavy (non-hydrogen) atoms. The zero-order chi connectivity index (χ0) is 15.1. The average molecular weight is 367 g/mol. The average Bonchev–Trinajstić information content (AvgIpc) is 3.16. The van der Waals surface area contributed by atoms with Crippen LogP contribution in [0.5, 0.6) is 0 Å². The number of carbonyl (C=O) groups is 2. The van der Waals surface area contributed by atoms with E-state index in [0.29, 0.717) is 16.1 Å². The van der Waals surface area contributed by atoms with Gasteiger partial charge < -0.3 is 10.1 Å². The van der Waals surface area contributed by atoms with Gasteiger partial charge in [0.1, 0.15) is 0 Å².